The summed E-state index contributed by atoms with van der Waals surface area (Å²) in [7, 11) is 1.07. The number of halogens is 1. The molecule has 0 atom stereocenters. The maximum absolute atomic E-state index is 14.8. The van der Waals surface area contributed by atoms with Crippen molar-refractivity contribution < 1.29 is 13.7 Å². The van der Waals surface area contributed by atoms with E-state index in [1.54, 1.807) is 13.1 Å². The van der Waals surface area contributed by atoms with E-state index in [4.69, 9.17) is 9.31 Å². The van der Waals surface area contributed by atoms with Crippen LogP contribution in [0.3, 0.4) is 0 Å². The van der Waals surface area contributed by atoms with Crippen molar-refractivity contribution in [1.82, 2.24) is 4.98 Å². The number of nitrogens with zero attached hydrogens (tertiary/aromatic N) is 1. The van der Waals surface area contributed by atoms with Gasteiger partial charge in [0.2, 0.25) is 0 Å². The number of hydrogen-bond acceptors (Lipinski definition) is 4. The van der Waals surface area contributed by atoms with E-state index in [9.17, 15) is 4.39 Å². The van der Waals surface area contributed by atoms with Crippen LogP contribution in [-0.2, 0) is 9.31 Å². The highest BCUT2D eigenvalue weighted by atomic mass is 19.1. The molecule has 1 fully saturated rings. The van der Waals surface area contributed by atoms with Crippen LogP contribution in [0.1, 0.15) is 27.7 Å². The monoisotopic (exact) mass is 302 g/mol. The SMILES string of the molecule is CNc1cc2ccc(B3OC(C)(C)C(C)(C)O3)c(F)c2cn1. The molecule has 1 saturated heterocycles. The average Bonchev–Trinajstić information content (AvgIpc) is 2.67. The number of rotatable bonds is 2. The van der Waals surface area contributed by atoms with Gasteiger partial charge in [0.05, 0.1) is 11.2 Å². The molecule has 1 aliphatic heterocycles. The molecule has 22 heavy (non-hydrogen) atoms. The summed E-state index contributed by atoms with van der Waals surface area (Å²) in [6.45, 7) is 7.80. The lowest BCUT2D eigenvalue weighted by Gasteiger charge is -2.32. The Morgan fingerprint density at radius 2 is 1.77 bits per heavy atom. The highest BCUT2D eigenvalue weighted by Crippen LogP contribution is 2.37. The Morgan fingerprint density at radius 1 is 1.14 bits per heavy atom. The molecule has 0 radical (unpaired) electrons. The van der Waals surface area contributed by atoms with Crippen molar-refractivity contribution in [1.29, 1.82) is 0 Å². The summed E-state index contributed by atoms with van der Waals surface area (Å²) in [6, 6.07) is 5.40. The minimum absolute atomic E-state index is 0.342. The molecular weight excluding hydrogens is 282 g/mol. The predicted molar refractivity (Wildman–Crippen MR) is 87.0 cm³/mol. The number of benzene rings is 1. The highest BCUT2D eigenvalue weighted by Gasteiger charge is 2.52. The van der Waals surface area contributed by atoms with Crippen molar-refractivity contribution in [3.63, 3.8) is 0 Å². The fraction of sp³-hybridized carbons (Fsp3) is 0.438. The number of pyridine rings is 1. The molecule has 0 aliphatic carbocycles. The third-order valence-electron chi connectivity index (χ3n) is 4.63. The second kappa shape index (κ2) is 4.93. The van der Waals surface area contributed by atoms with Crippen molar-refractivity contribution in [2.24, 2.45) is 0 Å². The molecule has 1 aliphatic rings. The third kappa shape index (κ3) is 2.27. The lowest BCUT2D eigenvalue weighted by atomic mass is 9.78. The molecule has 2 heterocycles. The summed E-state index contributed by atoms with van der Waals surface area (Å²) in [5.41, 5.74) is -0.578. The van der Waals surface area contributed by atoms with Gasteiger partial charge in [-0.15, -0.1) is 0 Å². The molecule has 0 saturated carbocycles. The van der Waals surface area contributed by atoms with E-state index in [1.807, 2.05) is 39.8 Å². The van der Waals surface area contributed by atoms with Gasteiger partial charge in [0, 0.05) is 24.1 Å². The standard InChI is InChI=1S/C16H20BFN2O2/c1-15(2)16(3,4)22-17(21-15)12-7-6-10-8-13(19-5)20-9-11(10)14(12)18/h6-9H,1-5H3,(H,19,20). The van der Waals surface area contributed by atoms with Crippen LogP contribution in [0.5, 0.6) is 0 Å². The zero-order valence-electron chi connectivity index (χ0n) is 13.5. The van der Waals surface area contributed by atoms with E-state index < -0.39 is 18.3 Å². The topological polar surface area (TPSA) is 43.4 Å². The first-order valence-electron chi connectivity index (χ1n) is 7.37. The van der Waals surface area contributed by atoms with Gasteiger partial charge < -0.3 is 14.6 Å². The van der Waals surface area contributed by atoms with Gasteiger partial charge in [-0.1, -0.05) is 12.1 Å². The van der Waals surface area contributed by atoms with Crippen LogP contribution in [0.15, 0.2) is 24.4 Å². The predicted octanol–water partition coefficient (Wildman–Crippen LogP) is 2.71. The zero-order valence-corrected chi connectivity index (χ0v) is 13.5. The zero-order chi connectivity index (χ0) is 16.1. The van der Waals surface area contributed by atoms with Crippen LogP contribution >= 0.6 is 0 Å². The lowest BCUT2D eigenvalue weighted by Crippen LogP contribution is -2.41. The van der Waals surface area contributed by atoms with E-state index in [1.165, 1.54) is 6.20 Å². The minimum Gasteiger partial charge on any atom is -0.399 e. The molecule has 116 valence electrons. The second-order valence-electron chi connectivity index (χ2n) is 6.60. The second-order valence-corrected chi connectivity index (χ2v) is 6.60. The first-order chi connectivity index (χ1) is 10.2. The molecule has 1 aromatic heterocycles. The van der Waals surface area contributed by atoms with Crippen LogP contribution < -0.4 is 10.8 Å². The Morgan fingerprint density at radius 3 is 2.36 bits per heavy atom. The average molecular weight is 302 g/mol. The van der Waals surface area contributed by atoms with Crippen molar-refractivity contribution in [3.05, 3.63) is 30.2 Å². The molecule has 6 heteroatoms. The summed E-state index contributed by atoms with van der Waals surface area (Å²) in [6.07, 6.45) is 1.53. The van der Waals surface area contributed by atoms with E-state index in [0.717, 1.165) is 5.39 Å². The number of hydrogen-bond donors (Lipinski definition) is 1. The molecule has 1 aromatic carbocycles. The number of anilines is 1. The Bertz CT molecular complexity index is 717. The molecule has 0 unspecified atom stereocenters. The van der Waals surface area contributed by atoms with Gasteiger partial charge in [-0.25, -0.2) is 9.37 Å². The lowest BCUT2D eigenvalue weighted by molar-refractivity contribution is 0.00578. The molecule has 0 amide bonds. The van der Waals surface area contributed by atoms with E-state index in [2.05, 4.69) is 10.3 Å². The largest absolute Gasteiger partial charge is 0.497 e. The smallest absolute Gasteiger partial charge is 0.399 e. The molecular formula is C16H20BFN2O2. The van der Waals surface area contributed by atoms with Crippen molar-refractivity contribution in [3.8, 4) is 0 Å². The van der Waals surface area contributed by atoms with Gasteiger partial charge in [-0.3, -0.25) is 0 Å². The maximum Gasteiger partial charge on any atom is 0.497 e. The van der Waals surface area contributed by atoms with Crippen LogP contribution in [0.2, 0.25) is 0 Å². The van der Waals surface area contributed by atoms with Crippen molar-refractivity contribution in [2.75, 3.05) is 12.4 Å². The van der Waals surface area contributed by atoms with Gasteiger partial charge in [0.25, 0.3) is 0 Å². The maximum atomic E-state index is 14.8. The van der Waals surface area contributed by atoms with Gasteiger partial charge >= 0.3 is 7.12 Å². The van der Waals surface area contributed by atoms with E-state index >= 15 is 0 Å². The number of aromatic nitrogens is 1. The van der Waals surface area contributed by atoms with Gasteiger partial charge in [0.1, 0.15) is 11.6 Å². The summed E-state index contributed by atoms with van der Waals surface area (Å²) < 4.78 is 26.7. The Labute approximate surface area is 130 Å². The first kappa shape index (κ1) is 15.2. The first-order valence-corrected chi connectivity index (χ1v) is 7.37. The Balaban J connectivity index is 2.04. The molecule has 2 aromatic rings. The van der Waals surface area contributed by atoms with Gasteiger partial charge in [-0.05, 0) is 39.1 Å². The minimum atomic E-state index is -0.710. The van der Waals surface area contributed by atoms with Gasteiger partial charge in [0.15, 0.2) is 0 Å². The Hall–Kier alpha value is -1.66. The van der Waals surface area contributed by atoms with E-state index in [-0.39, 0.29) is 5.82 Å². The molecule has 0 spiro atoms. The number of nitrogens with one attached hydrogen (secondary N) is 1. The highest BCUT2D eigenvalue weighted by molar-refractivity contribution is 6.62. The summed E-state index contributed by atoms with van der Waals surface area (Å²) in [4.78, 5) is 4.18. The van der Waals surface area contributed by atoms with Crippen LogP contribution in [0.4, 0.5) is 10.2 Å². The summed E-state index contributed by atoms with van der Waals surface area (Å²) in [5, 5.41) is 4.20. The van der Waals surface area contributed by atoms with Crippen molar-refractivity contribution in [2.45, 2.75) is 38.9 Å². The van der Waals surface area contributed by atoms with Gasteiger partial charge in [-0.2, -0.15) is 0 Å². The fourth-order valence-electron chi connectivity index (χ4n) is 2.49. The van der Waals surface area contributed by atoms with Crippen molar-refractivity contribution >= 4 is 29.2 Å². The fourth-order valence-corrected chi connectivity index (χ4v) is 2.49. The Kier molecular flexibility index (Phi) is 3.42. The molecule has 4 nitrogen and oxygen atoms in total. The molecule has 1 N–H and O–H groups in total. The number of fused-ring (bicyclic) bond motifs is 1. The van der Waals surface area contributed by atoms with Crippen LogP contribution in [0, 0.1) is 5.82 Å². The van der Waals surface area contributed by atoms with Crippen LogP contribution in [-0.4, -0.2) is 30.4 Å². The summed E-state index contributed by atoms with van der Waals surface area (Å²) in [5.74, 6) is 0.362. The van der Waals surface area contributed by atoms with E-state index in [0.29, 0.717) is 16.7 Å². The normalized spacial score (nSPS) is 19.6. The summed E-state index contributed by atoms with van der Waals surface area (Å²) >= 11 is 0. The third-order valence-corrected chi connectivity index (χ3v) is 4.63. The van der Waals surface area contributed by atoms with Crippen LogP contribution in [0.25, 0.3) is 10.8 Å². The molecule has 0 bridgehead atoms. The molecule has 3 rings (SSSR count). The quantitative estimate of drug-likeness (QED) is 0.866.